The Morgan fingerprint density at radius 3 is 2.28 bits per heavy atom. The zero-order valence-electron chi connectivity index (χ0n) is 14.0. The lowest BCUT2D eigenvalue weighted by Gasteiger charge is -2.07. The van der Waals surface area contributed by atoms with E-state index in [-0.39, 0.29) is 5.56 Å². The van der Waals surface area contributed by atoms with Crippen LogP contribution in [0.4, 0.5) is 0 Å². The molecule has 0 fully saturated rings. The summed E-state index contributed by atoms with van der Waals surface area (Å²) in [6, 6.07) is 10.8. The summed E-state index contributed by atoms with van der Waals surface area (Å²) in [7, 11) is 0. The molecule has 3 rings (SSSR count). The molecule has 7 heteroatoms. The number of carbonyl (C=O) groups excluding carboxylic acids is 2. The van der Waals surface area contributed by atoms with Crippen LogP contribution in [0, 0.1) is 20.8 Å². The lowest BCUT2D eigenvalue weighted by atomic mass is 10.1. The Balaban J connectivity index is 1.77. The third-order valence-electron chi connectivity index (χ3n) is 3.71. The van der Waals surface area contributed by atoms with E-state index in [1.807, 2.05) is 30.3 Å². The molecule has 0 saturated carbocycles. The molecule has 0 aliphatic rings. The van der Waals surface area contributed by atoms with Gasteiger partial charge in [0.2, 0.25) is 0 Å². The van der Waals surface area contributed by atoms with Crippen LogP contribution in [0.15, 0.2) is 45.3 Å². The van der Waals surface area contributed by atoms with E-state index in [1.165, 1.54) is 0 Å². The van der Waals surface area contributed by atoms with Crippen LogP contribution >= 0.6 is 0 Å². The maximum Gasteiger partial charge on any atom is 0.275 e. The molecule has 2 aromatic heterocycles. The fourth-order valence-corrected chi connectivity index (χ4v) is 2.53. The Bertz CT molecular complexity index is 925. The summed E-state index contributed by atoms with van der Waals surface area (Å²) in [5, 5.41) is 3.95. The highest BCUT2D eigenvalue weighted by molar-refractivity contribution is 6.03. The first kappa shape index (κ1) is 16.5. The molecule has 2 heterocycles. The van der Waals surface area contributed by atoms with Crippen LogP contribution in [0.25, 0.3) is 11.3 Å². The Labute approximate surface area is 144 Å². The largest absolute Gasteiger partial charge is 0.466 e. The number of amides is 2. The summed E-state index contributed by atoms with van der Waals surface area (Å²) in [4.78, 5) is 24.7. The maximum atomic E-state index is 12.5. The highest BCUT2D eigenvalue weighted by Crippen LogP contribution is 2.24. The van der Waals surface area contributed by atoms with E-state index in [0.29, 0.717) is 28.5 Å². The second-order valence-corrected chi connectivity index (χ2v) is 5.56. The molecule has 0 unspecified atom stereocenters. The number of nitrogens with one attached hydrogen (secondary N) is 2. The highest BCUT2D eigenvalue weighted by Gasteiger charge is 2.22. The molecule has 1 aromatic carbocycles. The first-order chi connectivity index (χ1) is 12.0. The Morgan fingerprint density at radius 2 is 1.64 bits per heavy atom. The van der Waals surface area contributed by atoms with Gasteiger partial charge in [-0.2, -0.15) is 0 Å². The predicted molar refractivity (Wildman–Crippen MR) is 89.8 cm³/mol. The van der Waals surface area contributed by atoms with Crippen molar-refractivity contribution in [3.8, 4) is 11.3 Å². The minimum absolute atomic E-state index is 0.270. The molecule has 0 radical (unpaired) electrons. The Kier molecular flexibility index (Phi) is 4.38. The topological polar surface area (TPSA) is 97.4 Å². The first-order valence-corrected chi connectivity index (χ1v) is 7.66. The van der Waals surface area contributed by atoms with Crippen LogP contribution in [-0.2, 0) is 0 Å². The van der Waals surface area contributed by atoms with Crippen LogP contribution in [0.3, 0.4) is 0 Å². The second-order valence-electron chi connectivity index (χ2n) is 5.56. The van der Waals surface area contributed by atoms with E-state index in [4.69, 9.17) is 8.94 Å². The van der Waals surface area contributed by atoms with Gasteiger partial charge in [-0.3, -0.25) is 20.4 Å². The highest BCUT2D eigenvalue weighted by atomic mass is 16.5. The van der Waals surface area contributed by atoms with E-state index in [1.54, 1.807) is 26.8 Å². The number of aryl methyl sites for hydroxylation is 3. The number of benzene rings is 1. The molecule has 0 atom stereocenters. The zero-order chi connectivity index (χ0) is 18.0. The molecule has 0 aliphatic carbocycles. The zero-order valence-corrected chi connectivity index (χ0v) is 14.0. The lowest BCUT2D eigenvalue weighted by Crippen LogP contribution is -2.42. The first-order valence-electron chi connectivity index (χ1n) is 7.66. The van der Waals surface area contributed by atoms with Crippen LogP contribution in [-0.4, -0.2) is 17.0 Å². The van der Waals surface area contributed by atoms with Gasteiger partial charge in [-0.25, -0.2) is 0 Å². The van der Waals surface area contributed by atoms with E-state index in [9.17, 15) is 9.59 Å². The van der Waals surface area contributed by atoms with Crippen molar-refractivity contribution < 1.29 is 18.5 Å². The van der Waals surface area contributed by atoms with Crippen molar-refractivity contribution in [3.05, 3.63) is 64.8 Å². The average molecular weight is 339 g/mol. The Hall–Kier alpha value is -3.35. The van der Waals surface area contributed by atoms with Crippen molar-refractivity contribution in [2.45, 2.75) is 20.8 Å². The summed E-state index contributed by atoms with van der Waals surface area (Å²) in [6.07, 6.45) is 0. The summed E-state index contributed by atoms with van der Waals surface area (Å²) in [5.74, 6) is 0.494. The summed E-state index contributed by atoms with van der Waals surface area (Å²) < 4.78 is 10.5. The quantitative estimate of drug-likeness (QED) is 0.715. The monoisotopic (exact) mass is 339 g/mol. The fourth-order valence-electron chi connectivity index (χ4n) is 2.53. The number of nitrogens with zero attached hydrogens (tertiary/aromatic N) is 1. The van der Waals surface area contributed by atoms with Gasteiger partial charge in [-0.05, 0) is 26.8 Å². The van der Waals surface area contributed by atoms with Crippen molar-refractivity contribution in [3.63, 3.8) is 0 Å². The lowest BCUT2D eigenvalue weighted by molar-refractivity contribution is 0.0845. The average Bonchev–Trinajstić information content (AvgIpc) is 3.15. The minimum atomic E-state index is -0.510. The summed E-state index contributed by atoms with van der Waals surface area (Å²) in [5.41, 5.74) is 6.57. The SMILES string of the molecule is Cc1cc(C(=O)NNC(=O)c2c(-c3ccccc3)noc2C)c(C)o1. The molecular formula is C18H17N3O4. The van der Waals surface area contributed by atoms with Gasteiger partial charge in [0.25, 0.3) is 11.8 Å². The molecule has 0 saturated heterocycles. The number of carbonyl (C=O) groups is 2. The second kappa shape index (κ2) is 6.64. The number of aromatic nitrogens is 1. The summed E-state index contributed by atoms with van der Waals surface area (Å²) in [6.45, 7) is 5.07. The number of hydrogen-bond donors (Lipinski definition) is 2. The third-order valence-corrected chi connectivity index (χ3v) is 3.71. The van der Waals surface area contributed by atoms with Crippen molar-refractivity contribution in [1.82, 2.24) is 16.0 Å². The number of hydrogen-bond acceptors (Lipinski definition) is 5. The van der Waals surface area contributed by atoms with Crippen molar-refractivity contribution in [2.75, 3.05) is 0 Å². The Morgan fingerprint density at radius 1 is 0.960 bits per heavy atom. The van der Waals surface area contributed by atoms with E-state index >= 15 is 0 Å². The molecule has 25 heavy (non-hydrogen) atoms. The molecule has 0 bridgehead atoms. The fraction of sp³-hybridized carbons (Fsp3) is 0.167. The van der Waals surface area contributed by atoms with Gasteiger partial charge in [-0.15, -0.1) is 0 Å². The van der Waals surface area contributed by atoms with Crippen molar-refractivity contribution >= 4 is 11.8 Å². The van der Waals surface area contributed by atoms with E-state index in [2.05, 4.69) is 16.0 Å². The normalized spacial score (nSPS) is 10.5. The van der Waals surface area contributed by atoms with Crippen LogP contribution in [0.2, 0.25) is 0 Å². The van der Waals surface area contributed by atoms with Gasteiger partial charge in [0.15, 0.2) is 0 Å². The van der Waals surface area contributed by atoms with Gasteiger partial charge >= 0.3 is 0 Å². The number of furan rings is 1. The van der Waals surface area contributed by atoms with Gasteiger partial charge in [0.1, 0.15) is 28.5 Å². The molecule has 128 valence electrons. The van der Waals surface area contributed by atoms with Gasteiger partial charge in [-0.1, -0.05) is 35.5 Å². The van der Waals surface area contributed by atoms with Gasteiger partial charge in [0, 0.05) is 5.56 Å². The van der Waals surface area contributed by atoms with Crippen molar-refractivity contribution in [1.29, 1.82) is 0 Å². The molecule has 2 amide bonds. The molecule has 2 N–H and O–H groups in total. The summed E-state index contributed by atoms with van der Waals surface area (Å²) >= 11 is 0. The van der Waals surface area contributed by atoms with E-state index < -0.39 is 11.8 Å². The molecular weight excluding hydrogens is 322 g/mol. The van der Waals surface area contributed by atoms with Crippen molar-refractivity contribution in [2.24, 2.45) is 0 Å². The van der Waals surface area contributed by atoms with Gasteiger partial charge < -0.3 is 8.94 Å². The van der Waals surface area contributed by atoms with Gasteiger partial charge in [0.05, 0.1) is 5.56 Å². The molecule has 0 aliphatic heterocycles. The molecule has 3 aromatic rings. The minimum Gasteiger partial charge on any atom is -0.466 e. The number of hydrazine groups is 1. The maximum absolute atomic E-state index is 12.5. The van der Waals surface area contributed by atoms with Crippen LogP contribution < -0.4 is 10.9 Å². The standard InChI is InChI=1S/C18H17N3O4/c1-10-9-14(11(2)24-10)17(22)19-20-18(23)15-12(3)25-21-16(15)13-7-5-4-6-8-13/h4-9H,1-3H3,(H,19,22)(H,20,23). The predicted octanol–water partition coefficient (Wildman–Crippen LogP) is 2.93. The van der Waals surface area contributed by atoms with Crippen LogP contribution in [0.1, 0.15) is 38.0 Å². The number of rotatable bonds is 3. The molecule has 7 nitrogen and oxygen atoms in total. The smallest absolute Gasteiger partial charge is 0.275 e. The van der Waals surface area contributed by atoms with E-state index in [0.717, 1.165) is 5.56 Å². The van der Waals surface area contributed by atoms with Crippen LogP contribution in [0.5, 0.6) is 0 Å². The molecule has 0 spiro atoms. The third kappa shape index (κ3) is 3.30.